The molecule has 1 heterocycles. The molecule has 94 valence electrons. The molecule has 2 saturated carbocycles. The standard InChI is InChI=1S/C12H19N3O2/c1-16-12(7-2-3-8-12)9-14-10(17-15-9)11(13)5-4-6-11/h2-8,13H2,1H3. The van der Waals surface area contributed by atoms with Gasteiger partial charge in [0.25, 0.3) is 0 Å². The fourth-order valence-corrected chi connectivity index (χ4v) is 2.85. The monoisotopic (exact) mass is 237 g/mol. The van der Waals surface area contributed by atoms with Crippen LogP contribution in [0.1, 0.15) is 56.7 Å². The Bertz CT molecular complexity index is 406. The zero-order valence-electron chi connectivity index (χ0n) is 10.2. The summed E-state index contributed by atoms with van der Waals surface area (Å²) in [6.45, 7) is 0. The van der Waals surface area contributed by atoms with Crippen LogP contribution in [0, 0.1) is 0 Å². The first-order chi connectivity index (χ1) is 8.19. The Morgan fingerprint density at radius 1 is 1.18 bits per heavy atom. The van der Waals surface area contributed by atoms with Gasteiger partial charge in [0.2, 0.25) is 11.7 Å². The Labute approximate surface area is 101 Å². The molecule has 1 aromatic heterocycles. The van der Waals surface area contributed by atoms with Gasteiger partial charge in [0, 0.05) is 7.11 Å². The molecule has 0 radical (unpaired) electrons. The van der Waals surface area contributed by atoms with Crippen LogP contribution in [-0.4, -0.2) is 17.3 Å². The number of nitrogens with zero attached hydrogens (tertiary/aromatic N) is 2. The molecule has 2 fully saturated rings. The molecule has 0 spiro atoms. The van der Waals surface area contributed by atoms with Gasteiger partial charge in [-0.05, 0) is 44.9 Å². The minimum absolute atomic E-state index is 0.331. The van der Waals surface area contributed by atoms with Crippen molar-refractivity contribution in [3.63, 3.8) is 0 Å². The van der Waals surface area contributed by atoms with Crippen molar-refractivity contribution < 1.29 is 9.26 Å². The van der Waals surface area contributed by atoms with Gasteiger partial charge in [-0.15, -0.1) is 0 Å². The van der Waals surface area contributed by atoms with Crippen LogP contribution >= 0.6 is 0 Å². The van der Waals surface area contributed by atoms with Gasteiger partial charge in [-0.25, -0.2) is 0 Å². The Morgan fingerprint density at radius 3 is 2.41 bits per heavy atom. The first kappa shape index (κ1) is 11.2. The number of nitrogens with two attached hydrogens (primary N) is 1. The maximum Gasteiger partial charge on any atom is 0.246 e. The minimum Gasteiger partial charge on any atom is -0.370 e. The van der Waals surface area contributed by atoms with E-state index in [1.807, 2.05) is 0 Å². The molecular weight excluding hydrogens is 218 g/mol. The van der Waals surface area contributed by atoms with Crippen molar-refractivity contribution >= 4 is 0 Å². The molecule has 2 aliphatic rings. The van der Waals surface area contributed by atoms with E-state index in [0.29, 0.717) is 11.7 Å². The molecule has 0 atom stereocenters. The van der Waals surface area contributed by atoms with Crippen LogP contribution in [-0.2, 0) is 15.9 Å². The second-order valence-corrected chi connectivity index (χ2v) is 5.34. The van der Waals surface area contributed by atoms with E-state index in [2.05, 4.69) is 10.1 Å². The third kappa shape index (κ3) is 1.60. The van der Waals surface area contributed by atoms with Gasteiger partial charge in [-0.3, -0.25) is 0 Å². The van der Waals surface area contributed by atoms with Crippen molar-refractivity contribution in [3.8, 4) is 0 Å². The highest BCUT2D eigenvalue weighted by Crippen LogP contribution is 2.42. The second-order valence-electron chi connectivity index (χ2n) is 5.34. The van der Waals surface area contributed by atoms with Crippen LogP contribution in [0.5, 0.6) is 0 Å². The Kier molecular flexibility index (Phi) is 2.48. The first-order valence-corrected chi connectivity index (χ1v) is 6.37. The molecule has 0 unspecified atom stereocenters. The van der Waals surface area contributed by atoms with E-state index in [1.54, 1.807) is 7.11 Å². The van der Waals surface area contributed by atoms with E-state index < -0.39 is 0 Å². The molecule has 5 nitrogen and oxygen atoms in total. The van der Waals surface area contributed by atoms with Crippen molar-refractivity contribution in [2.24, 2.45) is 5.73 Å². The summed E-state index contributed by atoms with van der Waals surface area (Å²) in [7, 11) is 1.73. The quantitative estimate of drug-likeness (QED) is 0.868. The smallest absolute Gasteiger partial charge is 0.246 e. The van der Waals surface area contributed by atoms with E-state index in [-0.39, 0.29) is 11.1 Å². The SMILES string of the molecule is COC1(c2noc(C3(N)CCC3)n2)CCCC1. The van der Waals surface area contributed by atoms with Crippen LogP contribution in [0.15, 0.2) is 4.52 Å². The van der Waals surface area contributed by atoms with E-state index in [4.69, 9.17) is 15.0 Å². The Hall–Kier alpha value is -0.940. The van der Waals surface area contributed by atoms with Crippen molar-refractivity contribution in [2.75, 3.05) is 7.11 Å². The molecule has 0 saturated heterocycles. The summed E-state index contributed by atoms with van der Waals surface area (Å²) in [5.74, 6) is 1.27. The average Bonchev–Trinajstić information content (AvgIpc) is 2.95. The van der Waals surface area contributed by atoms with E-state index in [0.717, 1.165) is 44.9 Å². The summed E-state index contributed by atoms with van der Waals surface area (Å²) in [5.41, 5.74) is 5.48. The zero-order valence-corrected chi connectivity index (χ0v) is 10.2. The van der Waals surface area contributed by atoms with Crippen molar-refractivity contribution in [1.82, 2.24) is 10.1 Å². The van der Waals surface area contributed by atoms with Crippen molar-refractivity contribution in [3.05, 3.63) is 11.7 Å². The largest absolute Gasteiger partial charge is 0.370 e. The lowest BCUT2D eigenvalue weighted by atomic mass is 9.77. The molecule has 0 bridgehead atoms. The predicted octanol–water partition coefficient (Wildman–Crippen LogP) is 1.82. The number of aromatic nitrogens is 2. The highest BCUT2D eigenvalue weighted by atomic mass is 16.5. The molecule has 1 aromatic rings. The van der Waals surface area contributed by atoms with Gasteiger partial charge in [0.15, 0.2) is 0 Å². The molecule has 5 heteroatoms. The van der Waals surface area contributed by atoms with Crippen LogP contribution < -0.4 is 5.73 Å². The molecule has 2 N–H and O–H groups in total. The van der Waals surface area contributed by atoms with Gasteiger partial charge >= 0.3 is 0 Å². The van der Waals surface area contributed by atoms with Crippen LogP contribution in [0.25, 0.3) is 0 Å². The number of methoxy groups -OCH3 is 1. The van der Waals surface area contributed by atoms with E-state index >= 15 is 0 Å². The zero-order chi connectivity index (χ0) is 11.9. The molecule has 0 amide bonds. The topological polar surface area (TPSA) is 74.2 Å². The van der Waals surface area contributed by atoms with Crippen molar-refractivity contribution in [2.45, 2.75) is 56.1 Å². The van der Waals surface area contributed by atoms with Crippen molar-refractivity contribution in [1.29, 1.82) is 0 Å². The highest BCUT2D eigenvalue weighted by Gasteiger charge is 2.44. The van der Waals surface area contributed by atoms with Gasteiger partial charge < -0.3 is 15.0 Å². The summed E-state index contributed by atoms with van der Waals surface area (Å²) in [6, 6.07) is 0. The lowest BCUT2D eigenvalue weighted by molar-refractivity contribution is -0.0178. The number of rotatable bonds is 3. The van der Waals surface area contributed by atoms with Crippen LogP contribution in [0.3, 0.4) is 0 Å². The fourth-order valence-electron chi connectivity index (χ4n) is 2.85. The fraction of sp³-hybridized carbons (Fsp3) is 0.833. The van der Waals surface area contributed by atoms with Gasteiger partial charge in [-0.1, -0.05) is 5.16 Å². The summed E-state index contributed by atoms with van der Waals surface area (Å²) in [6.07, 6.45) is 7.28. The van der Waals surface area contributed by atoms with E-state index in [1.165, 1.54) is 0 Å². The highest BCUT2D eigenvalue weighted by molar-refractivity contribution is 5.11. The molecule has 3 rings (SSSR count). The number of hydrogen-bond acceptors (Lipinski definition) is 5. The maximum atomic E-state index is 6.18. The lowest BCUT2D eigenvalue weighted by Crippen LogP contribution is -2.43. The summed E-state index contributed by atoms with van der Waals surface area (Å²) < 4.78 is 11.0. The van der Waals surface area contributed by atoms with E-state index in [9.17, 15) is 0 Å². The van der Waals surface area contributed by atoms with Gasteiger partial charge in [0.05, 0.1) is 5.54 Å². The molecule has 17 heavy (non-hydrogen) atoms. The molecule has 2 aliphatic carbocycles. The van der Waals surface area contributed by atoms with Crippen LogP contribution in [0.4, 0.5) is 0 Å². The maximum absolute atomic E-state index is 6.18. The number of hydrogen-bond donors (Lipinski definition) is 1. The number of ether oxygens (including phenoxy) is 1. The first-order valence-electron chi connectivity index (χ1n) is 6.37. The van der Waals surface area contributed by atoms with Gasteiger partial charge in [-0.2, -0.15) is 4.98 Å². The Balaban J connectivity index is 1.89. The Morgan fingerprint density at radius 2 is 1.88 bits per heavy atom. The molecule has 0 aromatic carbocycles. The molecule has 0 aliphatic heterocycles. The second kappa shape index (κ2) is 3.78. The average molecular weight is 237 g/mol. The lowest BCUT2D eigenvalue weighted by Gasteiger charge is -2.33. The third-order valence-electron chi connectivity index (χ3n) is 4.31. The van der Waals surface area contributed by atoms with Crippen LogP contribution in [0.2, 0.25) is 0 Å². The third-order valence-corrected chi connectivity index (χ3v) is 4.31. The van der Waals surface area contributed by atoms with Gasteiger partial charge in [0.1, 0.15) is 5.60 Å². The predicted molar refractivity (Wildman–Crippen MR) is 61.2 cm³/mol. The minimum atomic E-state index is -0.376. The summed E-state index contributed by atoms with van der Waals surface area (Å²) in [5, 5.41) is 4.10. The summed E-state index contributed by atoms with van der Waals surface area (Å²) in [4.78, 5) is 4.50. The summed E-state index contributed by atoms with van der Waals surface area (Å²) >= 11 is 0. The molecular formula is C12H19N3O2. The normalized spacial score (nSPS) is 25.8.